The molecule has 5 aromatic rings. The van der Waals surface area contributed by atoms with Crippen molar-refractivity contribution in [2.45, 2.75) is 44.7 Å². The summed E-state index contributed by atoms with van der Waals surface area (Å²) in [5.41, 5.74) is -2.02. The first-order valence-electron chi connectivity index (χ1n) is 14.8. The van der Waals surface area contributed by atoms with E-state index in [0.29, 0.717) is 18.1 Å². The molecule has 0 radical (unpaired) electrons. The van der Waals surface area contributed by atoms with Crippen LogP contribution < -0.4 is 19.7 Å². The Morgan fingerprint density at radius 1 is 1.04 bits per heavy atom. The van der Waals surface area contributed by atoms with E-state index < -0.39 is 46.2 Å². The number of methoxy groups -OCH3 is 1. The van der Waals surface area contributed by atoms with Gasteiger partial charge in [-0.1, -0.05) is 23.9 Å². The number of alkyl halides is 3. The summed E-state index contributed by atoms with van der Waals surface area (Å²) in [7, 11) is 1.60. The minimum atomic E-state index is -4.99. The number of rotatable bonds is 8. The van der Waals surface area contributed by atoms with Crippen LogP contribution in [0.4, 0.5) is 33.6 Å². The van der Waals surface area contributed by atoms with Gasteiger partial charge in [0.2, 0.25) is 5.88 Å². The molecule has 1 atom stereocenters. The number of hydrogen-bond donors (Lipinski definition) is 1. The Balaban J connectivity index is 1.47. The van der Waals surface area contributed by atoms with E-state index in [1.54, 1.807) is 25.8 Å². The maximum Gasteiger partial charge on any atom is 0.417 e. The molecule has 48 heavy (non-hydrogen) atoms. The van der Waals surface area contributed by atoms with Crippen LogP contribution in [-0.2, 0) is 12.7 Å². The lowest BCUT2D eigenvalue weighted by atomic mass is 9.94. The third-order valence-corrected chi connectivity index (χ3v) is 8.71. The molecule has 3 aromatic heterocycles. The molecule has 0 unspecified atom stereocenters. The van der Waals surface area contributed by atoms with Crippen molar-refractivity contribution >= 4 is 34.3 Å². The Kier molecular flexibility index (Phi) is 8.98. The average molecular weight is 684 g/mol. The van der Waals surface area contributed by atoms with Gasteiger partial charge in [0.05, 0.1) is 25.3 Å². The summed E-state index contributed by atoms with van der Waals surface area (Å²) in [6, 6.07) is 8.04. The van der Waals surface area contributed by atoms with Gasteiger partial charge in [-0.05, 0) is 61.9 Å². The zero-order valence-corrected chi connectivity index (χ0v) is 27.4. The van der Waals surface area contributed by atoms with Gasteiger partial charge in [0.1, 0.15) is 52.1 Å². The fourth-order valence-corrected chi connectivity index (χ4v) is 6.15. The van der Waals surface area contributed by atoms with Crippen molar-refractivity contribution in [3.8, 4) is 22.9 Å². The Morgan fingerprint density at radius 2 is 1.77 bits per heavy atom. The molecule has 250 valence electrons. The molecule has 0 aliphatic carbocycles. The first-order valence-corrected chi connectivity index (χ1v) is 16.0. The Labute approximate surface area is 277 Å². The lowest BCUT2D eigenvalue weighted by Crippen LogP contribution is -2.32. The molecule has 0 saturated carbocycles. The molecular formula is C33H30F5N7O2S. The van der Waals surface area contributed by atoms with Gasteiger partial charge in [-0.3, -0.25) is 4.98 Å². The summed E-state index contributed by atoms with van der Waals surface area (Å²) < 4.78 is 85.4. The van der Waals surface area contributed by atoms with E-state index in [0.717, 1.165) is 36.1 Å². The molecule has 0 saturated heterocycles. The molecule has 6 rings (SSSR count). The van der Waals surface area contributed by atoms with Crippen molar-refractivity contribution in [2.24, 2.45) is 0 Å². The first-order chi connectivity index (χ1) is 22.9. The Bertz CT molecular complexity index is 2010. The van der Waals surface area contributed by atoms with Crippen LogP contribution in [0.2, 0.25) is 0 Å². The first kappa shape index (κ1) is 33.1. The second-order valence-electron chi connectivity index (χ2n) is 11.1. The highest BCUT2D eigenvalue weighted by Crippen LogP contribution is 2.45. The van der Waals surface area contributed by atoms with Crippen LogP contribution in [-0.4, -0.2) is 51.4 Å². The number of hydrogen-bond acceptors (Lipinski definition) is 10. The summed E-state index contributed by atoms with van der Waals surface area (Å²) in [5.74, 6) is -0.743. The van der Waals surface area contributed by atoms with Crippen molar-refractivity contribution in [2.75, 3.05) is 36.7 Å². The molecular weight excluding hydrogens is 653 g/mol. The molecule has 1 aliphatic heterocycles. The van der Waals surface area contributed by atoms with E-state index >= 15 is 4.39 Å². The molecule has 2 aromatic carbocycles. The van der Waals surface area contributed by atoms with E-state index in [-0.39, 0.29) is 46.5 Å². The predicted octanol–water partition coefficient (Wildman–Crippen LogP) is 7.70. The summed E-state index contributed by atoms with van der Waals surface area (Å²) in [6.45, 7) is 4.93. The van der Waals surface area contributed by atoms with Gasteiger partial charge in [-0.15, -0.1) is 0 Å². The number of halogens is 5. The van der Waals surface area contributed by atoms with Gasteiger partial charge in [-0.2, -0.15) is 13.2 Å². The highest BCUT2D eigenvalue weighted by molar-refractivity contribution is 7.98. The van der Waals surface area contributed by atoms with Crippen LogP contribution >= 0.6 is 11.8 Å². The van der Waals surface area contributed by atoms with Gasteiger partial charge in [0, 0.05) is 24.5 Å². The number of anilines is 2. The molecule has 1 N–H and O–H groups in total. The summed E-state index contributed by atoms with van der Waals surface area (Å²) in [5, 5.41) is 3.61. The quantitative estimate of drug-likeness (QED) is 0.0996. The van der Waals surface area contributed by atoms with Crippen LogP contribution in [0.3, 0.4) is 0 Å². The third kappa shape index (κ3) is 6.02. The van der Waals surface area contributed by atoms with E-state index in [1.807, 2.05) is 36.1 Å². The molecule has 0 bridgehead atoms. The highest BCUT2D eigenvalue weighted by atomic mass is 32.2. The summed E-state index contributed by atoms with van der Waals surface area (Å²) >= 11 is 1.14. The molecule has 9 nitrogen and oxygen atoms in total. The smallest absolute Gasteiger partial charge is 0.417 e. The number of ether oxygens (including phenoxy) is 2. The Morgan fingerprint density at radius 3 is 2.46 bits per heavy atom. The molecule has 15 heteroatoms. The van der Waals surface area contributed by atoms with Gasteiger partial charge >= 0.3 is 6.18 Å². The summed E-state index contributed by atoms with van der Waals surface area (Å²) in [6.07, 6.45) is -0.158. The van der Waals surface area contributed by atoms with E-state index in [4.69, 9.17) is 14.5 Å². The predicted molar refractivity (Wildman–Crippen MR) is 173 cm³/mol. The molecule has 0 amide bonds. The maximum absolute atomic E-state index is 16.5. The van der Waals surface area contributed by atoms with Crippen molar-refractivity contribution in [3.63, 3.8) is 0 Å². The van der Waals surface area contributed by atoms with Crippen LogP contribution in [0, 0.1) is 25.5 Å². The number of pyridine rings is 1. The second kappa shape index (κ2) is 13.0. The lowest BCUT2D eigenvalue weighted by Gasteiger charge is -2.30. The van der Waals surface area contributed by atoms with E-state index in [2.05, 4.69) is 25.3 Å². The molecule has 0 fully saturated rings. The normalized spacial score (nSPS) is 13.7. The minimum Gasteiger partial charge on any atom is -0.497 e. The second-order valence-corrected chi connectivity index (χ2v) is 11.9. The standard InChI is InChI=1S/C33H30F5N7O2S/c1-16-14-21(23(33(36,37)38)17(2)24(16)34)27-25(35)28-22-30(44-32(43-28)48-5)45(12-13-47-31(22)42-27)18(3)26-29(40-11-10-39-26)41-15-19-6-8-20(46-4)9-7-19/h6-11,14,18H,12-13,15H2,1-5H3,(H,40,41)/t18-/m1/s1. The average Bonchev–Trinajstić information content (AvgIpc) is 3.26. The summed E-state index contributed by atoms with van der Waals surface area (Å²) in [4.78, 5) is 24.3. The molecule has 1 aliphatic rings. The highest BCUT2D eigenvalue weighted by Gasteiger charge is 2.39. The third-order valence-electron chi connectivity index (χ3n) is 8.17. The van der Waals surface area contributed by atoms with E-state index in [9.17, 15) is 17.6 Å². The van der Waals surface area contributed by atoms with Crippen molar-refractivity contribution in [1.29, 1.82) is 0 Å². The number of thioether (sulfide) groups is 1. The molecule has 0 spiro atoms. The largest absolute Gasteiger partial charge is 0.497 e. The molecule has 4 heterocycles. The minimum absolute atomic E-state index is 0.0327. The van der Waals surface area contributed by atoms with Crippen LogP contribution in [0.25, 0.3) is 22.2 Å². The van der Waals surface area contributed by atoms with Crippen molar-refractivity contribution in [1.82, 2.24) is 24.9 Å². The van der Waals surface area contributed by atoms with Gasteiger partial charge in [-0.25, -0.2) is 28.7 Å². The fraction of sp³-hybridized carbons (Fsp3) is 0.303. The van der Waals surface area contributed by atoms with Crippen LogP contribution in [0.1, 0.15) is 40.9 Å². The van der Waals surface area contributed by atoms with Gasteiger partial charge in [0.15, 0.2) is 11.0 Å². The van der Waals surface area contributed by atoms with Crippen LogP contribution in [0.15, 0.2) is 47.9 Å². The topological polar surface area (TPSA) is 98.2 Å². The van der Waals surface area contributed by atoms with Gasteiger partial charge < -0.3 is 19.7 Å². The number of aromatic nitrogens is 5. The lowest BCUT2D eigenvalue weighted by molar-refractivity contribution is -0.137. The Hall–Kier alpha value is -4.79. The monoisotopic (exact) mass is 683 g/mol. The van der Waals surface area contributed by atoms with Crippen molar-refractivity contribution in [3.05, 3.63) is 82.3 Å². The SMILES string of the molecule is COc1ccc(CNc2nccnc2[C@@H](C)N2CCOc3nc(-c4cc(C)c(F)c(C)c4C(F)(F)F)c(F)c4nc(SC)nc2c34)cc1. The number of benzene rings is 2. The zero-order valence-electron chi connectivity index (χ0n) is 26.5. The maximum atomic E-state index is 16.5. The number of nitrogens with one attached hydrogen (secondary N) is 1. The number of nitrogens with zero attached hydrogens (tertiary/aromatic N) is 6. The van der Waals surface area contributed by atoms with Gasteiger partial charge in [0.25, 0.3) is 0 Å². The van der Waals surface area contributed by atoms with E-state index in [1.165, 1.54) is 6.92 Å². The van der Waals surface area contributed by atoms with Crippen molar-refractivity contribution < 1.29 is 31.4 Å². The zero-order chi connectivity index (χ0) is 34.3. The van der Waals surface area contributed by atoms with Crippen LogP contribution in [0.5, 0.6) is 11.6 Å². The fourth-order valence-electron chi connectivity index (χ4n) is 5.79. The number of aryl methyl sites for hydroxylation is 1.